The average molecular weight is 305 g/mol. The van der Waals surface area contributed by atoms with Crippen LogP contribution in [0.5, 0.6) is 0 Å². The molecular weight excluding hydrogens is 286 g/mol. The highest BCUT2D eigenvalue weighted by atomic mass is 32.2. The molecule has 0 aromatic carbocycles. The van der Waals surface area contributed by atoms with E-state index in [-0.39, 0.29) is 0 Å². The standard InChI is InChI=1S/C14H19N5OS/c1-2-15-12-16-13(19-7-3-4-8-19)18-14(17-12)21-10-11-6-5-9-20-11/h5-6,9H,2-4,7-8,10H2,1H3,(H,15,16,17,18). The Balaban J connectivity index is 1.77. The summed E-state index contributed by atoms with van der Waals surface area (Å²) in [6.45, 7) is 4.89. The summed E-state index contributed by atoms with van der Waals surface area (Å²) in [6, 6.07) is 3.85. The number of hydrogen-bond acceptors (Lipinski definition) is 7. The van der Waals surface area contributed by atoms with Crippen LogP contribution in [-0.4, -0.2) is 34.6 Å². The molecular formula is C14H19N5OS. The molecule has 6 nitrogen and oxygen atoms in total. The van der Waals surface area contributed by atoms with E-state index in [4.69, 9.17) is 4.42 Å². The summed E-state index contributed by atoms with van der Waals surface area (Å²) in [5.41, 5.74) is 0. The van der Waals surface area contributed by atoms with Crippen LogP contribution >= 0.6 is 11.8 Å². The van der Waals surface area contributed by atoms with E-state index in [9.17, 15) is 0 Å². The smallest absolute Gasteiger partial charge is 0.231 e. The molecule has 2 aromatic heterocycles. The predicted octanol–water partition coefficient (Wildman–Crippen LogP) is 2.79. The predicted molar refractivity (Wildman–Crippen MR) is 83.7 cm³/mol. The summed E-state index contributed by atoms with van der Waals surface area (Å²) in [7, 11) is 0. The summed E-state index contributed by atoms with van der Waals surface area (Å²) >= 11 is 1.57. The number of hydrogen-bond donors (Lipinski definition) is 1. The Kier molecular flexibility index (Phi) is 4.59. The van der Waals surface area contributed by atoms with Gasteiger partial charge >= 0.3 is 0 Å². The first kappa shape index (κ1) is 14.2. The maximum absolute atomic E-state index is 5.34. The molecule has 0 radical (unpaired) electrons. The molecule has 21 heavy (non-hydrogen) atoms. The van der Waals surface area contributed by atoms with E-state index in [1.165, 1.54) is 12.8 Å². The molecule has 0 unspecified atom stereocenters. The summed E-state index contributed by atoms with van der Waals surface area (Å²) in [6.07, 6.45) is 4.09. The normalized spacial score (nSPS) is 14.6. The average Bonchev–Trinajstić information content (AvgIpc) is 3.19. The van der Waals surface area contributed by atoms with Crippen molar-refractivity contribution in [2.24, 2.45) is 0 Å². The Hall–Kier alpha value is -1.76. The third kappa shape index (κ3) is 3.66. The second kappa shape index (κ2) is 6.80. The Labute approximate surface area is 128 Å². The number of aromatic nitrogens is 3. The Morgan fingerprint density at radius 1 is 1.29 bits per heavy atom. The number of thioether (sulfide) groups is 1. The maximum Gasteiger partial charge on any atom is 0.231 e. The molecule has 1 N–H and O–H groups in total. The largest absolute Gasteiger partial charge is 0.468 e. The molecule has 3 rings (SSSR count). The van der Waals surface area contributed by atoms with Crippen LogP contribution in [0.3, 0.4) is 0 Å². The number of furan rings is 1. The minimum Gasteiger partial charge on any atom is -0.468 e. The van der Waals surface area contributed by atoms with Gasteiger partial charge in [-0.15, -0.1) is 0 Å². The molecule has 112 valence electrons. The zero-order valence-electron chi connectivity index (χ0n) is 12.1. The molecule has 3 heterocycles. The van der Waals surface area contributed by atoms with Gasteiger partial charge in [0.25, 0.3) is 0 Å². The molecule has 0 aliphatic carbocycles. The molecule has 0 atom stereocenters. The van der Waals surface area contributed by atoms with Gasteiger partial charge in [-0.05, 0) is 31.9 Å². The molecule has 0 bridgehead atoms. The van der Waals surface area contributed by atoms with Crippen LogP contribution in [-0.2, 0) is 5.75 Å². The van der Waals surface area contributed by atoms with Crippen LogP contribution in [0.2, 0.25) is 0 Å². The van der Waals surface area contributed by atoms with E-state index in [1.807, 2.05) is 19.1 Å². The topological polar surface area (TPSA) is 67.1 Å². The second-order valence-electron chi connectivity index (χ2n) is 4.83. The molecule has 1 aliphatic rings. The zero-order valence-corrected chi connectivity index (χ0v) is 12.9. The monoisotopic (exact) mass is 305 g/mol. The van der Waals surface area contributed by atoms with Crippen molar-refractivity contribution >= 4 is 23.7 Å². The highest BCUT2D eigenvalue weighted by molar-refractivity contribution is 7.98. The Morgan fingerprint density at radius 2 is 2.14 bits per heavy atom. The molecule has 1 aliphatic heterocycles. The van der Waals surface area contributed by atoms with Crippen molar-refractivity contribution in [1.82, 2.24) is 15.0 Å². The molecule has 1 fully saturated rings. The number of nitrogens with one attached hydrogen (secondary N) is 1. The third-order valence-corrected chi connectivity index (χ3v) is 4.12. The lowest BCUT2D eigenvalue weighted by Crippen LogP contribution is -2.21. The molecule has 2 aromatic rings. The lowest BCUT2D eigenvalue weighted by molar-refractivity contribution is 0.530. The van der Waals surface area contributed by atoms with Gasteiger partial charge in [-0.2, -0.15) is 15.0 Å². The van der Waals surface area contributed by atoms with Gasteiger partial charge in [0.2, 0.25) is 11.9 Å². The van der Waals surface area contributed by atoms with Gasteiger partial charge in [0.05, 0.1) is 12.0 Å². The lowest BCUT2D eigenvalue weighted by Gasteiger charge is -2.16. The first-order chi connectivity index (χ1) is 10.3. The summed E-state index contributed by atoms with van der Waals surface area (Å²) in [5, 5.41) is 3.91. The minimum absolute atomic E-state index is 0.649. The van der Waals surface area contributed by atoms with E-state index in [0.29, 0.717) is 5.95 Å². The maximum atomic E-state index is 5.34. The Morgan fingerprint density at radius 3 is 2.86 bits per heavy atom. The van der Waals surface area contributed by atoms with Crippen molar-refractivity contribution in [3.05, 3.63) is 24.2 Å². The van der Waals surface area contributed by atoms with Gasteiger partial charge < -0.3 is 14.6 Å². The molecule has 0 saturated carbocycles. The van der Waals surface area contributed by atoms with Gasteiger partial charge in [0, 0.05) is 19.6 Å². The fraction of sp³-hybridized carbons (Fsp3) is 0.500. The third-order valence-electron chi connectivity index (χ3n) is 3.25. The van der Waals surface area contributed by atoms with Crippen LogP contribution in [0.15, 0.2) is 28.0 Å². The first-order valence-electron chi connectivity index (χ1n) is 7.25. The zero-order chi connectivity index (χ0) is 14.5. The van der Waals surface area contributed by atoms with Crippen molar-refractivity contribution in [3.63, 3.8) is 0 Å². The van der Waals surface area contributed by atoms with Crippen LogP contribution in [0.4, 0.5) is 11.9 Å². The molecule has 0 spiro atoms. The van der Waals surface area contributed by atoms with E-state index in [2.05, 4.69) is 25.2 Å². The lowest BCUT2D eigenvalue weighted by atomic mass is 10.4. The van der Waals surface area contributed by atoms with Crippen LogP contribution in [0, 0.1) is 0 Å². The summed E-state index contributed by atoms with van der Waals surface area (Å²) in [5.74, 6) is 3.08. The van der Waals surface area contributed by atoms with Crippen molar-refractivity contribution in [2.75, 3.05) is 29.9 Å². The van der Waals surface area contributed by atoms with E-state index < -0.39 is 0 Å². The van der Waals surface area contributed by atoms with Gasteiger partial charge in [-0.3, -0.25) is 0 Å². The highest BCUT2D eigenvalue weighted by Crippen LogP contribution is 2.24. The molecule has 0 amide bonds. The van der Waals surface area contributed by atoms with Crippen LogP contribution < -0.4 is 10.2 Å². The van der Waals surface area contributed by atoms with Crippen molar-refractivity contribution in [2.45, 2.75) is 30.7 Å². The van der Waals surface area contributed by atoms with Crippen molar-refractivity contribution < 1.29 is 4.42 Å². The fourth-order valence-corrected chi connectivity index (χ4v) is 2.97. The van der Waals surface area contributed by atoms with Gasteiger partial charge in [-0.1, -0.05) is 11.8 Å². The van der Waals surface area contributed by atoms with E-state index in [1.54, 1.807) is 18.0 Å². The van der Waals surface area contributed by atoms with Crippen molar-refractivity contribution in [3.8, 4) is 0 Å². The Bertz CT molecular complexity index is 569. The number of anilines is 2. The number of rotatable bonds is 6. The van der Waals surface area contributed by atoms with Crippen LogP contribution in [0.1, 0.15) is 25.5 Å². The van der Waals surface area contributed by atoms with Gasteiger partial charge in [0.1, 0.15) is 5.76 Å². The quantitative estimate of drug-likeness (QED) is 0.823. The first-order valence-corrected chi connectivity index (χ1v) is 8.24. The van der Waals surface area contributed by atoms with E-state index in [0.717, 1.165) is 42.3 Å². The minimum atomic E-state index is 0.649. The van der Waals surface area contributed by atoms with Gasteiger partial charge in [0.15, 0.2) is 5.16 Å². The summed E-state index contributed by atoms with van der Waals surface area (Å²) < 4.78 is 5.34. The second-order valence-corrected chi connectivity index (χ2v) is 5.78. The number of nitrogens with zero attached hydrogens (tertiary/aromatic N) is 4. The van der Waals surface area contributed by atoms with E-state index >= 15 is 0 Å². The molecule has 7 heteroatoms. The SMILES string of the molecule is CCNc1nc(SCc2ccco2)nc(N2CCCC2)n1. The highest BCUT2D eigenvalue weighted by Gasteiger charge is 2.17. The van der Waals surface area contributed by atoms with Crippen LogP contribution in [0.25, 0.3) is 0 Å². The summed E-state index contributed by atoms with van der Waals surface area (Å²) in [4.78, 5) is 15.8. The van der Waals surface area contributed by atoms with Gasteiger partial charge in [-0.25, -0.2) is 0 Å². The van der Waals surface area contributed by atoms with Crippen molar-refractivity contribution in [1.29, 1.82) is 0 Å². The fourth-order valence-electron chi connectivity index (χ4n) is 2.24. The molecule has 1 saturated heterocycles.